The van der Waals surface area contributed by atoms with Crippen LogP contribution in [0, 0.1) is 0 Å². The van der Waals surface area contributed by atoms with E-state index in [2.05, 4.69) is 0 Å². The summed E-state index contributed by atoms with van der Waals surface area (Å²) in [6.07, 6.45) is 1.41. The first-order chi connectivity index (χ1) is 11.1. The quantitative estimate of drug-likeness (QED) is 0.896. The van der Waals surface area contributed by atoms with Crippen molar-refractivity contribution in [1.29, 1.82) is 0 Å². The highest BCUT2D eigenvalue weighted by atomic mass is 35.5. The maximum atomic E-state index is 13.0. The Morgan fingerprint density at radius 3 is 2.58 bits per heavy atom. The summed E-state index contributed by atoms with van der Waals surface area (Å²) in [6, 6.07) is 12.8. The highest BCUT2D eigenvalue weighted by Crippen LogP contribution is 2.28. The van der Waals surface area contributed by atoms with Crippen molar-refractivity contribution in [2.45, 2.75) is 29.9 Å². The molecule has 0 aromatic heterocycles. The summed E-state index contributed by atoms with van der Waals surface area (Å²) in [6.45, 7) is 0.738. The van der Waals surface area contributed by atoms with E-state index in [0.29, 0.717) is 30.8 Å². The molecule has 1 fully saturated rings. The first kappa shape index (κ1) is 19.1. The van der Waals surface area contributed by atoms with Crippen LogP contribution in [-0.2, 0) is 14.8 Å². The van der Waals surface area contributed by atoms with E-state index in [0.717, 1.165) is 10.8 Å². The smallest absolute Gasteiger partial charge is 0.243 e. The number of methoxy groups -OCH3 is 1. The number of fused-ring (bicyclic) bond motifs is 1. The van der Waals surface area contributed by atoms with Crippen LogP contribution in [0.15, 0.2) is 47.4 Å². The van der Waals surface area contributed by atoms with Crippen LogP contribution in [-0.4, -0.2) is 45.1 Å². The van der Waals surface area contributed by atoms with E-state index in [-0.39, 0.29) is 24.6 Å². The molecular weight excluding hydrogens is 348 g/mol. The third kappa shape index (κ3) is 3.58. The fourth-order valence-corrected chi connectivity index (χ4v) is 4.90. The largest absolute Gasteiger partial charge is 0.381 e. The van der Waals surface area contributed by atoms with Crippen LogP contribution >= 0.6 is 12.4 Å². The lowest BCUT2D eigenvalue weighted by Gasteiger charge is -2.37. The Morgan fingerprint density at radius 2 is 1.92 bits per heavy atom. The molecule has 2 atom stereocenters. The Kier molecular flexibility index (Phi) is 6.22. The summed E-state index contributed by atoms with van der Waals surface area (Å²) in [4.78, 5) is 0.325. The van der Waals surface area contributed by atoms with Gasteiger partial charge in [-0.2, -0.15) is 4.31 Å². The SMILES string of the molecule is COC1CCN(S(=O)(=O)c2ccc3ccccc3c2)C(CN)C1.Cl. The van der Waals surface area contributed by atoms with Crippen molar-refractivity contribution in [3.63, 3.8) is 0 Å². The molecule has 1 saturated heterocycles. The number of nitrogens with zero attached hydrogens (tertiary/aromatic N) is 1. The highest BCUT2D eigenvalue weighted by molar-refractivity contribution is 7.89. The van der Waals surface area contributed by atoms with E-state index in [9.17, 15) is 8.42 Å². The third-order valence-corrected chi connectivity index (χ3v) is 6.49. The maximum Gasteiger partial charge on any atom is 0.243 e. The minimum atomic E-state index is -3.55. The van der Waals surface area contributed by atoms with Crippen molar-refractivity contribution >= 4 is 33.2 Å². The van der Waals surface area contributed by atoms with Gasteiger partial charge in [-0.1, -0.05) is 30.3 Å². The number of nitrogens with two attached hydrogens (primary N) is 1. The molecule has 0 spiro atoms. The average Bonchev–Trinajstić information content (AvgIpc) is 2.60. The van der Waals surface area contributed by atoms with Gasteiger partial charge >= 0.3 is 0 Å². The minimum absolute atomic E-state index is 0. The molecular formula is C17H23ClN2O3S. The van der Waals surface area contributed by atoms with Crippen LogP contribution < -0.4 is 5.73 Å². The van der Waals surface area contributed by atoms with Gasteiger partial charge in [-0.25, -0.2) is 8.42 Å². The zero-order chi connectivity index (χ0) is 16.4. The van der Waals surface area contributed by atoms with Crippen LogP contribution in [0.25, 0.3) is 10.8 Å². The molecule has 2 aromatic carbocycles. The van der Waals surface area contributed by atoms with Crippen molar-refractivity contribution < 1.29 is 13.2 Å². The topological polar surface area (TPSA) is 72.6 Å². The van der Waals surface area contributed by atoms with E-state index >= 15 is 0 Å². The molecule has 24 heavy (non-hydrogen) atoms. The molecule has 0 aliphatic carbocycles. The fourth-order valence-electron chi connectivity index (χ4n) is 3.20. The molecule has 3 rings (SSSR count). The van der Waals surface area contributed by atoms with Gasteiger partial charge in [-0.3, -0.25) is 0 Å². The van der Waals surface area contributed by atoms with Gasteiger partial charge < -0.3 is 10.5 Å². The molecule has 132 valence electrons. The van der Waals surface area contributed by atoms with Crippen LogP contribution in [0.3, 0.4) is 0 Å². The predicted molar refractivity (Wildman–Crippen MR) is 98.0 cm³/mol. The van der Waals surface area contributed by atoms with Gasteiger partial charge in [0.25, 0.3) is 0 Å². The zero-order valence-electron chi connectivity index (χ0n) is 13.6. The number of piperidine rings is 1. The highest BCUT2D eigenvalue weighted by Gasteiger charge is 2.36. The molecule has 0 amide bonds. The Morgan fingerprint density at radius 1 is 1.21 bits per heavy atom. The Hall–Kier alpha value is -1.18. The van der Waals surface area contributed by atoms with Crippen LogP contribution in [0.2, 0.25) is 0 Å². The van der Waals surface area contributed by atoms with Crippen molar-refractivity contribution in [2.24, 2.45) is 5.73 Å². The maximum absolute atomic E-state index is 13.0. The molecule has 1 aliphatic rings. The molecule has 2 aromatic rings. The minimum Gasteiger partial charge on any atom is -0.381 e. The van der Waals surface area contributed by atoms with Gasteiger partial charge in [0.05, 0.1) is 11.0 Å². The van der Waals surface area contributed by atoms with Gasteiger partial charge in [0.15, 0.2) is 0 Å². The second-order valence-corrected chi connectivity index (χ2v) is 7.79. The van der Waals surface area contributed by atoms with Crippen molar-refractivity contribution in [2.75, 3.05) is 20.2 Å². The van der Waals surface area contributed by atoms with Crippen LogP contribution in [0.4, 0.5) is 0 Å². The lowest BCUT2D eigenvalue weighted by atomic mass is 10.0. The average molecular weight is 371 g/mol. The zero-order valence-corrected chi connectivity index (χ0v) is 15.2. The van der Waals surface area contributed by atoms with E-state index in [1.54, 1.807) is 19.2 Å². The van der Waals surface area contributed by atoms with Gasteiger partial charge in [0.1, 0.15) is 0 Å². The van der Waals surface area contributed by atoms with Gasteiger partial charge in [0.2, 0.25) is 10.0 Å². The second kappa shape index (κ2) is 7.80. The first-order valence-corrected chi connectivity index (χ1v) is 9.24. The number of benzene rings is 2. The monoisotopic (exact) mass is 370 g/mol. The summed E-state index contributed by atoms with van der Waals surface area (Å²) < 4.78 is 33.0. The summed E-state index contributed by atoms with van der Waals surface area (Å²) in [7, 11) is -1.89. The first-order valence-electron chi connectivity index (χ1n) is 7.80. The van der Waals surface area contributed by atoms with Gasteiger partial charge in [-0.05, 0) is 35.7 Å². The van der Waals surface area contributed by atoms with Crippen LogP contribution in [0.1, 0.15) is 12.8 Å². The van der Waals surface area contributed by atoms with E-state index < -0.39 is 10.0 Å². The summed E-state index contributed by atoms with van der Waals surface area (Å²) in [5.74, 6) is 0. The number of ether oxygens (including phenoxy) is 1. The Balaban J connectivity index is 0.00000208. The van der Waals surface area contributed by atoms with Crippen molar-refractivity contribution in [1.82, 2.24) is 4.31 Å². The molecule has 0 saturated carbocycles. The lowest BCUT2D eigenvalue weighted by molar-refractivity contribution is 0.0401. The van der Waals surface area contributed by atoms with Crippen molar-refractivity contribution in [3.05, 3.63) is 42.5 Å². The van der Waals surface area contributed by atoms with E-state index in [1.165, 1.54) is 4.31 Å². The lowest BCUT2D eigenvalue weighted by Crippen LogP contribution is -2.51. The van der Waals surface area contributed by atoms with E-state index in [1.807, 2.05) is 30.3 Å². The van der Waals surface area contributed by atoms with Crippen molar-refractivity contribution in [3.8, 4) is 0 Å². The molecule has 2 N–H and O–H groups in total. The van der Waals surface area contributed by atoms with Gasteiger partial charge in [-0.15, -0.1) is 12.4 Å². The van der Waals surface area contributed by atoms with Crippen LogP contribution in [0.5, 0.6) is 0 Å². The second-order valence-electron chi connectivity index (χ2n) is 5.90. The molecule has 2 unspecified atom stereocenters. The summed E-state index contributed by atoms with van der Waals surface area (Å²) in [5.41, 5.74) is 5.81. The number of hydrogen-bond donors (Lipinski definition) is 1. The number of halogens is 1. The molecule has 1 heterocycles. The summed E-state index contributed by atoms with van der Waals surface area (Å²) >= 11 is 0. The molecule has 7 heteroatoms. The molecule has 0 bridgehead atoms. The fraction of sp³-hybridized carbons (Fsp3) is 0.412. The standard InChI is InChI=1S/C17H22N2O3S.ClH/c1-22-16-8-9-19(15(11-16)12-18)23(20,21)17-7-6-13-4-2-3-5-14(13)10-17;/h2-7,10,15-16H,8-9,11-12,18H2,1H3;1H. The number of hydrogen-bond acceptors (Lipinski definition) is 4. The number of sulfonamides is 1. The third-order valence-electron chi connectivity index (χ3n) is 4.55. The molecule has 0 radical (unpaired) electrons. The number of rotatable bonds is 4. The molecule has 5 nitrogen and oxygen atoms in total. The van der Waals surface area contributed by atoms with Gasteiger partial charge in [0, 0.05) is 26.2 Å². The Bertz CT molecular complexity index is 797. The van der Waals surface area contributed by atoms with E-state index in [4.69, 9.17) is 10.5 Å². The predicted octanol–water partition coefficient (Wildman–Crippen LogP) is 2.39. The Labute approximate surface area is 149 Å². The molecule has 1 aliphatic heterocycles. The normalized spacial score (nSPS) is 22.2. The summed E-state index contributed by atoms with van der Waals surface area (Å²) in [5, 5.41) is 1.95.